The number of hydrogen-bond donors (Lipinski definition) is 1. The summed E-state index contributed by atoms with van der Waals surface area (Å²) < 4.78 is 18.0. The molecule has 0 unspecified atom stereocenters. The number of halogens is 1. The zero-order valence-corrected chi connectivity index (χ0v) is 18.0. The van der Waals surface area contributed by atoms with Gasteiger partial charge in [-0.05, 0) is 58.2 Å². The molecule has 1 N–H and O–H groups in total. The first-order valence-electron chi connectivity index (χ1n) is 9.54. The molecule has 0 fully saturated rings. The van der Waals surface area contributed by atoms with Crippen molar-refractivity contribution < 1.29 is 14.2 Å². The molecule has 3 aromatic rings. The van der Waals surface area contributed by atoms with E-state index in [1.54, 1.807) is 13.3 Å². The van der Waals surface area contributed by atoms with Crippen LogP contribution in [0.3, 0.4) is 0 Å². The molecule has 0 aliphatic heterocycles. The lowest BCUT2D eigenvalue weighted by Gasteiger charge is -2.15. The summed E-state index contributed by atoms with van der Waals surface area (Å²) in [6, 6.07) is 19.8. The Morgan fingerprint density at radius 3 is 2.55 bits per heavy atom. The van der Waals surface area contributed by atoms with Gasteiger partial charge in [0.2, 0.25) is 5.88 Å². The zero-order chi connectivity index (χ0) is 20.3. The first kappa shape index (κ1) is 21.1. The van der Waals surface area contributed by atoms with Crippen LogP contribution in [0.2, 0.25) is 0 Å². The third kappa shape index (κ3) is 6.76. The Kier molecular flexibility index (Phi) is 8.34. The van der Waals surface area contributed by atoms with Gasteiger partial charge >= 0.3 is 0 Å². The van der Waals surface area contributed by atoms with Gasteiger partial charge in [-0.15, -0.1) is 0 Å². The standard InChI is InChI=1S/C23H25BrN2O3/c1-27-21-15-19(16-25-11-7-13-28-22-10-5-6-12-26-22)14-20(24)23(21)29-17-18-8-3-2-4-9-18/h2-6,8-10,12,14-15,25H,7,11,13,16-17H2,1H3. The Balaban J connectivity index is 1.46. The summed E-state index contributed by atoms with van der Waals surface area (Å²) >= 11 is 3.61. The molecule has 29 heavy (non-hydrogen) atoms. The van der Waals surface area contributed by atoms with Crippen molar-refractivity contribution in [1.29, 1.82) is 0 Å². The summed E-state index contributed by atoms with van der Waals surface area (Å²) in [5, 5.41) is 3.43. The second kappa shape index (κ2) is 11.4. The fourth-order valence-electron chi connectivity index (χ4n) is 2.78. The first-order valence-corrected chi connectivity index (χ1v) is 10.3. The van der Waals surface area contributed by atoms with Crippen molar-refractivity contribution in [2.75, 3.05) is 20.3 Å². The molecule has 0 aliphatic rings. The average molecular weight is 457 g/mol. The maximum Gasteiger partial charge on any atom is 0.213 e. The molecule has 0 saturated carbocycles. The molecule has 5 nitrogen and oxygen atoms in total. The van der Waals surface area contributed by atoms with Gasteiger partial charge in [-0.3, -0.25) is 0 Å². The third-order valence-corrected chi connectivity index (χ3v) is 4.82. The number of ether oxygens (including phenoxy) is 3. The van der Waals surface area contributed by atoms with E-state index in [2.05, 4.69) is 32.3 Å². The number of pyridine rings is 1. The molecule has 6 heteroatoms. The third-order valence-electron chi connectivity index (χ3n) is 4.23. The van der Waals surface area contributed by atoms with Crippen molar-refractivity contribution in [3.63, 3.8) is 0 Å². The van der Waals surface area contributed by atoms with Gasteiger partial charge in [-0.2, -0.15) is 0 Å². The smallest absolute Gasteiger partial charge is 0.213 e. The van der Waals surface area contributed by atoms with Crippen LogP contribution in [0.1, 0.15) is 17.5 Å². The van der Waals surface area contributed by atoms with E-state index in [0.29, 0.717) is 30.6 Å². The number of aromatic nitrogens is 1. The molecule has 0 radical (unpaired) electrons. The van der Waals surface area contributed by atoms with Crippen molar-refractivity contribution in [3.8, 4) is 17.4 Å². The highest BCUT2D eigenvalue weighted by Crippen LogP contribution is 2.37. The number of hydrogen-bond acceptors (Lipinski definition) is 5. The lowest BCUT2D eigenvalue weighted by Crippen LogP contribution is -2.17. The van der Waals surface area contributed by atoms with Gasteiger partial charge in [0, 0.05) is 18.8 Å². The molecule has 0 aliphatic carbocycles. The van der Waals surface area contributed by atoms with Crippen LogP contribution in [-0.2, 0) is 13.2 Å². The lowest BCUT2D eigenvalue weighted by atomic mass is 10.2. The number of methoxy groups -OCH3 is 1. The van der Waals surface area contributed by atoms with Crippen molar-refractivity contribution in [2.45, 2.75) is 19.6 Å². The molecule has 1 heterocycles. The second-order valence-corrected chi connectivity index (χ2v) is 7.28. The largest absolute Gasteiger partial charge is 0.493 e. The summed E-state index contributed by atoms with van der Waals surface area (Å²) in [7, 11) is 1.66. The monoisotopic (exact) mass is 456 g/mol. The maximum absolute atomic E-state index is 5.98. The molecule has 3 rings (SSSR count). The van der Waals surface area contributed by atoms with E-state index in [-0.39, 0.29) is 0 Å². The fraction of sp³-hybridized carbons (Fsp3) is 0.261. The van der Waals surface area contributed by atoms with Gasteiger partial charge < -0.3 is 19.5 Å². The van der Waals surface area contributed by atoms with Crippen LogP contribution in [0.15, 0.2) is 71.3 Å². The molecule has 0 atom stereocenters. The lowest BCUT2D eigenvalue weighted by molar-refractivity contribution is 0.282. The number of nitrogens with one attached hydrogen (secondary N) is 1. The molecule has 0 amide bonds. The minimum Gasteiger partial charge on any atom is -0.493 e. The highest BCUT2D eigenvalue weighted by atomic mass is 79.9. The van der Waals surface area contributed by atoms with Crippen molar-refractivity contribution in [1.82, 2.24) is 10.3 Å². The van der Waals surface area contributed by atoms with Crippen LogP contribution in [0.25, 0.3) is 0 Å². The van der Waals surface area contributed by atoms with Crippen LogP contribution < -0.4 is 19.5 Å². The van der Waals surface area contributed by atoms with Crippen molar-refractivity contribution in [2.24, 2.45) is 0 Å². The topological polar surface area (TPSA) is 52.6 Å². The Labute approximate surface area is 180 Å². The summed E-state index contributed by atoms with van der Waals surface area (Å²) in [4.78, 5) is 4.14. The SMILES string of the molecule is COc1cc(CNCCCOc2ccccn2)cc(Br)c1OCc1ccccc1. The number of nitrogens with zero attached hydrogens (tertiary/aromatic N) is 1. The molecule has 0 saturated heterocycles. The summed E-state index contributed by atoms with van der Waals surface area (Å²) in [5.41, 5.74) is 2.23. The van der Waals surface area contributed by atoms with E-state index in [9.17, 15) is 0 Å². The van der Waals surface area contributed by atoms with E-state index in [1.807, 2.05) is 54.6 Å². The van der Waals surface area contributed by atoms with E-state index in [4.69, 9.17) is 14.2 Å². The van der Waals surface area contributed by atoms with Crippen LogP contribution in [0, 0.1) is 0 Å². The van der Waals surface area contributed by atoms with E-state index in [0.717, 1.165) is 35.1 Å². The van der Waals surface area contributed by atoms with Gasteiger partial charge in [-0.25, -0.2) is 4.98 Å². The van der Waals surface area contributed by atoms with Gasteiger partial charge in [0.05, 0.1) is 18.2 Å². The van der Waals surface area contributed by atoms with Gasteiger partial charge in [0.15, 0.2) is 11.5 Å². The molecule has 0 spiro atoms. The summed E-state index contributed by atoms with van der Waals surface area (Å²) in [6.07, 6.45) is 2.62. The number of benzene rings is 2. The van der Waals surface area contributed by atoms with Crippen LogP contribution >= 0.6 is 15.9 Å². The second-order valence-electron chi connectivity index (χ2n) is 6.43. The first-order chi connectivity index (χ1) is 14.3. The van der Waals surface area contributed by atoms with Crippen LogP contribution in [0.4, 0.5) is 0 Å². The van der Waals surface area contributed by atoms with Gasteiger partial charge in [-0.1, -0.05) is 36.4 Å². The summed E-state index contributed by atoms with van der Waals surface area (Å²) in [6.45, 7) is 2.70. The Morgan fingerprint density at radius 1 is 0.966 bits per heavy atom. The summed E-state index contributed by atoms with van der Waals surface area (Å²) in [5.74, 6) is 2.08. The maximum atomic E-state index is 5.98. The predicted molar refractivity (Wildman–Crippen MR) is 118 cm³/mol. The highest BCUT2D eigenvalue weighted by molar-refractivity contribution is 9.10. The average Bonchev–Trinajstić information content (AvgIpc) is 2.76. The molecule has 2 aromatic carbocycles. The Hall–Kier alpha value is -2.57. The van der Waals surface area contributed by atoms with Crippen molar-refractivity contribution >= 4 is 15.9 Å². The molecule has 1 aromatic heterocycles. The molecule has 152 valence electrons. The normalized spacial score (nSPS) is 10.6. The van der Waals surface area contributed by atoms with Gasteiger partial charge in [0.1, 0.15) is 6.61 Å². The molecule has 0 bridgehead atoms. The quantitative estimate of drug-likeness (QED) is 0.411. The molecular weight excluding hydrogens is 432 g/mol. The number of rotatable bonds is 11. The van der Waals surface area contributed by atoms with Gasteiger partial charge in [0.25, 0.3) is 0 Å². The van der Waals surface area contributed by atoms with E-state index < -0.39 is 0 Å². The van der Waals surface area contributed by atoms with Crippen LogP contribution in [-0.4, -0.2) is 25.2 Å². The zero-order valence-electron chi connectivity index (χ0n) is 16.4. The molecular formula is C23H25BrN2O3. The Bertz CT molecular complexity index is 876. The van der Waals surface area contributed by atoms with E-state index >= 15 is 0 Å². The highest BCUT2D eigenvalue weighted by Gasteiger charge is 2.12. The van der Waals surface area contributed by atoms with E-state index in [1.165, 1.54) is 0 Å². The Morgan fingerprint density at radius 2 is 1.79 bits per heavy atom. The fourth-order valence-corrected chi connectivity index (χ4v) is 3.39. The minimum atomic E-state index is 0.490. The van der Waals surface area contributed by atoms with Crippen molar-refractivity contribution in [3.05, 3.63) is 82.5 Å². The van der Waals surface area contributed by atoms with Crippen LogP contribution in [0.5, 0.6) is 17.4 Å². The minimum absolute atomic E-state index is 0.490. The predicted octanol–water partition coefficient (Wildman–Crippen LogP) is 4.99.